The molecule has 1 saturated carbocycles. The normalized spacial score (nSPS) is 28.4. The standard InChI is InChI=1S/C23H42N4O3/c1-16(2)21(27-14-17(3)30-18(4)15-27)22(28)24-20-10-12-26(13-11-20)23(29)25-19-8-6-5-7-9-19/h16-21H,5-15H2,1-4H3,(H,24,28)(H,25,29). The molecular formula is C23H42N4O3. The summed E-state index contributed by atoms with van der Waals surface area (Å²) in [6.45, 7) is 11.4. The quantitative estimate of drug-likeness (QED) is 0.714. The van der Waals surface area contributed by atoms with Gasteiger partial charge in [-0.25, -0.2) is 4.79 Å². The van der Waals surface area contributed by atoms with Gasteiger partial charge in [-0.2, -0.15) is 0 Å². The predicted molar refractivity (Wildman–Crippen MR) is 118 cm³/mol. The van der Waals surface area contributed by atoms with E-state index in [-0.39, 0.29) is 42.1 Å². The van der Waals surface area contributed by atoms with E-state index in [9.17, 15) is 9.59 Å². The molecule has 1 aliphatic carbocycles. The fourth-order valence-corrected chi connectivity index (χ4v) is 5.36. The maximum absolute atomic E-state index is 13.2. The summed E-state index contributed by atoms with van der Waals surface area (Å²) in [6, 6.07) is 0.427. The van der Waals surface area contributed by atoms with Crippen molar-refractivity contribution in [3.8, 4) is 0 Å². The van der Waals surface area contributed by atoms with Crippen molar-refractivity contribution in [1.29, 1.82) is 0 Å². The number of carbonyl (C=O) groups excluding carboxylic acids is 2. The Morgan fingerprint density at radius 1 is 0.867 bits per heavy atom. The Hall–Kier alpha value is -1.34. The number of ether oxygens (including phenoxy) is 1. The molecule has 2 aliphatic heterocycles. The molecule has 7 nitrogen and oxygen atoms in total. The number of rotatable bonds is 5. The van der Waals surface area contributed by atoms with Gasteiger partial charge in [0.05, 0.1) is 18.2 Å². The molecule has 0 bridgehead atoms. The van der Waals surface area contributed by atoms with Gasteiger partial charge in [-0.1, -0.05) is 33.1 Å². The van der Waals surface area contributed by atoms with E-state index in [2.05, 4.69) is 43.2 Å². The van der Waals surface area contributed by atoms with Crippen LogP contribution in [0.25, 0.3) is 0 Å². The molecule has 0 aromatic carbocycles. The Bertz CT molecular complexity index is 561. The predicted octanol–water partition coefficient (Wildman–Crippen LogP) is 2.74. The third kappa shape index (κ3) is 6.33. The number of carbonyl (C=O) groups is 2. The number of nitrogens with one attached hydrogen (secondary N) is 2. The summed E-state index contributed by atoms with van der Waals surface area (Å²) in [6.07, 6.45) is 7.88. The molecule has 3 aliphatic rings. The molecule has 2 heterocycles. The smallest absolute Gasteiger partial charge is 0.317 e. The van der Waals surface area contributed by atoms with E-state index in [0.29, 0.717) is 19.1 Å². The Morgan fingerprint density at radius 2 is 1.43 bits per heavy atom. The van der Waals surface area contributed by atoms with E-state index in [4.69, 9.17) is 4.74 Å². The molecule has 3 atom stereocenters. The molecule has 3 rings (SSSR count). The van der Waals surface area contributed by atoms with Crippen LogP contribution in [0.15, 0.2) is 0 Å². The van der Waals surface area contributed by atoms with Gasteiger partial charge < -0.3 is 20.3 Å². The molecule has 3 unspecified atom stereocenters. The van der Waals surface area contributed by atoms with Crippen molar-refractivity contribution in [2.24, 2.45) is 5.92 Å². The maximum atomic E-state index is 13.2. The average molecular weight is 423 g/mol. The number of piperidine rings is 1. The minimum absolute atomic E-state index is 0.0722. The highest BCUT2D eigenvalue weighted by atomic mass is 16.5. The van der Waals surface area contributed by atoms with Crippen LogP contribution in [0, 0.1) is 5.92 Å². The first-order valence-electron chi connectivity index (χ1n) is 12.1. The van der Waals surface area contributed by atoms with Crippen LogP contribution in [-0.2, 0) is 9.53 Å². The first-order valence-corrected chi connectivity index (χ1v) is 12.1. The van der Waals surface area contributed by atoms with Crippen molar-refractivity contribution in [2.75, 3.05) is 26.2 Å². The molecule has 172 valence electrons. The fraction of sp³-hybridized carbons (Fsp3) is 0.913. The number of likely N-dealkylation sites (tertiary alicyclic amines) is 1. The lowest BCUT2D eigenvalue weighted by Gasteiger charge is -2.42. The highest BCUT2D eigenvalue weighted by Gasteiger charge is 2.35. The van der Waals surface area contributed by atoms with Crippen LogP contribution >= 0.6 is 0 Å². The number of nitrogens with zero attached hydrogens (tertiary/aromatic N) is 2. The monoisotopic (exact) mass is 422 g/mol. The number of morpholine rings is 1. The summed E-state index contributed by atoms with van der Waals surface area (Å²) in [7, 11) is 0. The van der Waals surface area contributed by atoms with Crippen LogP contribution in [0.4, 0.5) is 4.79 Å². The Kier molecular flexibility index (Phi) is 8.40. The van der Waals surface area contributed by atoms with Crippen molar-refractivity contribution in [3.05, 3.63) is 0 Å². The molecule has 2 N–H and O–H groups in total. The van der Waals surface area contributed by atoms with Gasteiger partial charge in [-0.15, -0.1) is 0 Å². The number of urea groups is 1. The largest absolute Gasteiger partial charge is 0.373 e. The molecule has 0 radical (unpaired) electrons. The average Bonchev–Trinajstić information content (AvgIpc) is 2.68. The molecule has 0 aromatic rings. The maximum Gasteiger partial charge on any atom is 0.317 e. The summed E-state index contributed by atoms with van der Waals surface area (Å²) in [5, 5.41) is 6.50. The van der Waals surface area contributed by atoms with Crippen LogP contribution in [0.3, 0.4) is 0 Å². The Labute approximate surface area is 182 Å². The highest BCUT2D eigenvalue weighted by Crippen LogP contribution is 2.21. The second kappa shape index (κ2) is 10.8. The zero-order chi connectivity index (χ0) is 21.7. The van der Waals surface area contributed by atoms with E-state index in [1.54, 1.807) is 0 Å². The van der Waals surface area contributed by atoms with E-state index < -0.39 is 0 Å². The summed E-state index contributed by atoms with van der Waals surface area (Å²) in [5.74, 6) is 0.361. The van der Waals surface area contributed by atoms with Gasteiger partial charge in [0.15, 0.2) is 0 Å². The van der Waals surface area contributed by atoms with Crippen molar-refractivity contribution in [1.82, 2.24) is 20.4 Å². The summed E-state index contributed by atoms with van der Waals surface area (Å²) in [4.78, 5) is 29.9. The van der Waals surface area contributed by atoms with Crippen molar-refractivity contribution >= 4 is 11.9 Å². The van der Waals surface area contributed by atoms with Gasteiger partial charge in [0.2, 0.25) is 5.91 Å². The zero-order valence-electron chi connectivity index (χ0n) is 19.4. The minimum atomic E-state index is -0.133. The van der Waals surface area contributed by atoms with Crippen molar-refractivity contribution in [3.63, 3.8) is 0 Å². The highest BCUT2D eigenvalue weighted by molar-refractivity contribution is 5.82. The SMILES string of the molecule is CC1CN(C(C(=O)NC2CCN(C(=O)NC3CCCCC3)CC2)C(C)C)CC(C)O1. The minimum Gasteiger partial charge on any atom is -0.373 e. The van der Waals surface area contributed by atoms with Crippen LogP contribution < -0.4 is 10.6 Å². The number of hydrogen-bond acceptors (Lipinski definition) is 4. The number of amides is 3. The second-order valence-corrected chi connectivity index (χ2v) is 9.95. The summed E-state index contributed by atoms with van der Waals surface area (Å²) < 4.78 is 5.85. The van der Waals surface area contributed by atoms with Gasteiger partial charge in [0.25, 0.3) is 0 Å². The molecular weight excluding hydrogens is 380 g/mol. The van der Waals surface area contributed by atoms with Gasteiger partial charge >= 0.3 is 6.03 Å². The molecule has 3 amide bonds. The van der Waals surface area contributed by atoms with Gasteiger partial charge in [0.1, 0.15) is 0 Å². The lowest BCUT2D eigenvalue weighted by Crippen LogP contribution is -2.59. The van der Waals surface area contributed by atoms with Gasteiger partial charge in [-0.05, 0) is 45.4 Å². The second-order valence-electron chi connectivity index (χ2n) is 9.95. The molecule has 0 spiro atoms. The van der Waals surface area contributed by atoms with E-state index >= 15 is 0 Å². The zero-order valence-corrected chi connectivity index (χ0v) is 19.4. The van der Waals surface area contributed by atoms with Crippen molar-refractivity contribution < 1.29 is 14.3 Å². The molecule has 0 aromatic heterocycles. The van der Waals surface area contributed by atoms with Crippen LogP contribution in [0.2, 0.25) is 0 Å². The summed E-state index contributed by atoms with van der Waals surface area (Å²) in [5.41, 5.74) is 0. The Balaban J connectivity index is 1.46. The van der Waals surface area contributed by atoms with Crippen molar-refractivity contribution in [2.45, 2.75) is 103 Å². The molecule has 7 heteroatoms. The lowest BCUT2D eigenvalue weighted by atomic mass is 9.95. The first kappa shape index (κ1) is 23.3. The van der Waals surface area contributed by atoms with E-state index in [0.717, 1.165) is 38.8 Å². The molecule has 3 fully saturated rings. The third-order valence-corrected chi connectivity index (χ3v) is 6.80. The topological polar surface area (TPSA) is 73.9 Å². The van der Waals surface area contributed by atoms with E-state index in [1.165, 1.54) is 19.3 Å². The fourth-order valence-electron chi connectivity index (χ4n) is 5.36. The van der Waals surface area contributed by atoms with Gasteiger partial charge in [0, 0.05) is 38.3 Å². The Morgan fingerprint density at radius 3 is 2.00 bits per heavy atom. The summed E-state index contributed by atoms with van der Waals surface area (Å²) >= 11 is 0. The van der Waals surface area contributed by atoms with Crippen LogP contribution in [-0.4, -0.2) is 78.3 Å². The number of hydrogen-bond donors (Lipinski definition) is 2. The molecule has 2 saturated heterocycles. The van der Waals surface area contributed by atoms with Crippen LogP contribution in [0.1, 0.15) is 72.6 Å². The molecule has 30 heavy (non-hydrogen) atoms. The van der Waals surface area contributed by atoms with Gasteiger partial charge in [-0.3, -0.25) is 9.69 Å². The lowest BCUT2D eigenvalue weighted by molar-refractivity contribution is -0.136. The van der Waals surface area contributed by atoms with E-state index in [1.807, 2.05) is 4.90 Å². The van der Waals surface area contributed by atoms with Crippen LogP contribution in [0.5, 0.6) is 0 Å². The third-order valence-electron chi connectivity index (χ3n) is 6.80. The first-order chi connectivity index (χ1) is 14.3.